The van der Waals surface area contributed by atoms with Gasteiger partial charge >= 0.3 is 0 Å². The number of benzene rings is 4. The Hall–Kier alpha value is -3.78. The Balaban J connectivity index is 2.22. The van der Waals surface area contributed by atoms with Crippen LogP contribution in [0.5, 0.6) is 0 Å². The summed E-state index contributed by atoms with van der Waals surface area (Å²) < 4.78 is 0. The van der Waals surface area contributed by atoms with Crippen molar-refractivity contribution in [2.75, 3.05) is 0 Å². The van der Waals surface area contributed by atoms with Crippen molar-refractivity contribution in [2.24, 2.45) is 0 Å². The van der Waals surface area contributed by atoms with E-state index >= 15 is 0 Å². The molecule has 2 heteroatoms. The highest BCUT2D eigenvalue weighted by Crippen LogP contribution is 2.46. The van der Waals surface area contributed by atoms with Gasteiger partial charge in [0.1, 0.15) is 0 Å². The van der Waals surface area contributed by atoms with Crippen molar-refractivity contribution in [3.05, 3.63) is 143 Å². The number of hydrogen-bond acceptors (Lipinski definition) is 2. The van der Waals surface area contributed by atoms with E-state index in [1.54, 1.807) is 12.1 Å². The molecule has 138 valence electrons. The van der Waals surface area contributed by atoms with Crippen molar-refractivity contribution in [1.29, 1.82) is 0 Å². The quantitative estimate of drug-likeness (QED) is 0.446. The molecule has 0 amide bonds. The molecule has 0 fully saturated rings. The molecule has 0 saturated carbocycles. The van der Waals surface area contributed by atoms with E-state index in [-0.39, 0.29) is 11.1 Å². The Bertz CT molecular complexity index is 1020. The molecule has 0 spiro atoms. The lowest BCUT2D eigenvalue weighted by Crippen LogP contribution is -2.32. The van der Waals surface area contributed by atoms with Crippen molar-refractivity contribution in [2.45, 2.75) is 5.41 Å². The molecule has 29 heavy (non-hydrogen) atoms. The van der Waals surface area contributed by atoms with Gasteiger partial charge < -0.3 is 0 Å². The molecule has 0 N–H and O–H groups in total. The highest BCUT2D eigenvalue weighted by Gasteiger charge is 2.40. The zero-order valence-corrected chi connectivity index (χ0v) is 15.7. The van der Waals surface area contributed by atoms with Crippen LogP contribution in [0.4, 0.5) is 0 Å². The minimum Gasteiger partial charge on any atom is -0.285 e. The monoisotopic (exact) mass is 374 g/mol. The van der Waals surface area contributed by atoms with Crippen molar-refractivity contribution in [3.63, 3.8) is 0 Å². The topological polar surface area (TPSA) is 34.1 Å². The van der Waals surface area contributed by atoms with E-state index in [0.717, 1.165) is 16.7 Å². The standard InChI is InChI=1S/C27H18O2/c28-19-21-11-10-18-26(25(21)20-29)27(22-12-4-1-5-13-22,23-14-6-2-7-15-23)24-16-8-3-9-17-24/h1-18H. The molecule has 2 radical (unpaired) electrons. The van der Waals surface area contributed by atoms with E-state index in [1.807, 2.05) is 110 Å². The molecule has 4 rings (SSSR count). The Morgan fingerprint density at radius 1 is 0.483 bits per heavy atom. The first kappa shape index (κ1) is 18.6. The lowest BCUT2D eigenvalue weighted by Gasteiger charge is -2.37. The summed E-state index contributed by atoms with van der Waals surface area (Å²) in [6, 6.07) is 35.4. The maximum atomic E-state index is 12.0. The van der Waals surface area contributed by atoms with Crippen LogP contribution in [0, 0.1) is 0 Å². The lowest BCUT2D eigenvalue weighted by atomic mass is 9.64. The third-order valence-electron chi connectivity index (χ3n) is 5.30. The molecule has 4 aromatic carbocycles. The average Bonchev–Trinajstić information content (AvgIpc) is 2.81. The molecule has 0 aliphatic rings. The minimum absolute atomic E-state index is 0.213. The van der Waals surface area contributed by atoms with Gasteiger partial charge in [-0.1, -0.05) is 109 Å². The lowest BCUT2D eigenvalue weighted by molar-refractivity contribution is 0.557. The highest BCUT2D eigenvalue weighted by molar-refractivity contribution is 5.93. The molecular weight excluding hydrogens is 356 g/mol. The van der Waals surface area contributed by atoms with Crippen LogP contribution in [-0.4, -0.2) is 12.6 Å². The van der Waals surface area contributed by atoms with Gasteiger partial charge in [-0.3, -0.25) is 9.59 Å². The van der Waals surface area contributed by atoms with Gasteiger partial charge in [-0.15, -0.1) is 0 Å². The normalized spacial score (nSPS) is 11.0. The first-order chi connectivity index (χ1) is 14.3. The third kappa shape index (κ3) is 3.09. The van der Waals surface area contributed by atoms with Crippen LogP contribution in [0.3, 0.4) is 0 Å². The summed E-state index contributed by atoms with van der Waals surface area (Å²) in [4.78, 5) is 23.6. The van der Waals surface area contributed by atoms with E-state index in [0.29, 0.717) is 5.56 Å². The zero-order chi connectivity index (χ0) is 20.1. The van der Waals surface area contributed by atoms with Crippen LogP contribution in [-0.2, 0) is 15.0 Å². The first-order valence-electron chi connectivity index (χ1n) is 9.38. The predicted octanol–water partition coefficient (Wildman–Crippen LogP) is 4.98. The fourth-order valence-electron chi connectivity index (χ4n) is 4.09. The van der Waals surface area contributed by atoms with Crippen LogP contribution in [0.2, 0.25) is 0 Å². The summed E-state index contributed by atoms with van der Waals surface area (Å²) >= 11 is 0. The Labute approximate surface area is 170 Å². The van der Waals surface area contributed by atoms with Gasteiger partial charge in [-0.2, -0.15) is 0 Å². The summed E-state index contributed by atoms with van der Waals surface area (Å²) in [7, 11) is 0. The molecule has 0 bridgehead atoms. The Kier molecular flexibility index (Phi) is 5.17. The number of carbonyl (C=O) groups excluding carboxylic acids is 2. The van der Waals surface area contributed by atoms with Crippen LogP contribution >= 0.6 is 0 Å². The van der Waals surface area contributed by atoms with E-state index in [2.05, 4.69) is 0 Å². The fraction of sp³-hybridized carbons (Fsp3) is 0.0370. The number of hydrogen-bond donors (Lipinski definition) is 0. The van der Waals surface area contributed by atoms with Gasteiger partial charge in [0.05, 0.1) is 5.41 Å². The van der Waals surface area contributed by atoms with Gasteiger partial charge in [-0.05, 0) is 22.3 Å². The zero-order valence-electron chi connectivity index (χ0n) is 15.7. The van der Waals surface area contributed by atoms with Gasteiger partial charge in [0.2, 0.25) is 12.6 Å². The second kappa shape index (κ2) is 8.07. The molecule has 4 aromatic rings. The van der Waals surface area contributed by atoms with Crippen LogP contribution in [0.25, 0.3) is 0 Å². The average molecular weight is 374 g/mol. The molecule has 0 heterocycles. The summed E-state index contributed by atoms with van der Waals surface area (Å²) in [6.07, 6.45) is 3.92. The molecule has 0 saturated heterocycles. The van der Waals surface area contributed by atoms with Crippen LogP contribution < -0.4 is 0 Å². The van der Waals surface area contributed by atoms with Crippen molar-refractivity contribution in [1.82, 2.24) is 0 Å². The second-order valence-electron chi connectivity index (χ2n) is 6.78. The second-order valence-corrected chi connectivity index (χ2v) is 6.78. The van der Waals surface area contributed by atoms with Gasteiger partial charge in [0, 0.05) is 11.1 Å². The third-order valence-corrected chi connectivity index (χ3v) is 5.30. The summed E-state index contributed by atoms with van der Waals surface area (Å²) in [5.74, 6) is 0. The summed E-state index contributed by atoms with van der Waals surface area (Å²) in [5, 5.41) is 0. The largest absolute Gasteiger partial charge is 0.285 e. The van der Waals surface area contributed by atoms with Gasteiger partial charge in [0.15, 0.2) is 0 Å². The summed E-state index contributed by atoms with van der Waals surface area (Å²) in [5.41, 5.74) is 3.36. The van der Waals surface area contributed by atoms with Crippen LogP contribution in [0.15, 0.2) is 109 Å². The predicted molar refractivity (Wildman–Crippen MR) is 114 cm³/mol. The van der Waals surface area contributed by atoms with E-state index in [1.165, 1.54) is 0 Å². The summed E-state index contributed by atoms with van der Waals surface area (Å²) in [6.45, 7) is 0. The molecule has 0 aliphatic carbocycles. The Morgan fingerprint density at radius 2 is 0.931 bits per heavy atom. The molecule has 0 aliphatic heterocycles. The van der Waals surface area contributed by atoms with E-state index < -0.39 is 5.41 Å². The van der Waals surface area contributed by atoms with Crippen molar-refractivity contribution in [3.8, 4) is 0 Å². The SMILES string of the molecule is O=[C]c1cccc(C(c2ccccc2)(c2ccccc2)c2ccccc2)c1[C]=O. The van der Waals surface area contributed by atoms with Crippen LogP contribution in [0.1, 0.15) is 33.4 Å². The van der Waals surface area contributed by atoms with Crippen molar-refractivity contribution < 1.29 is 9.59 Å². The Morgan fingerprint density at radius 3 is 1.31 bits per heavy atom. The van der Waals surface area contributed by atoms with E-state index in [4.69, 9.17) is 0 Å². The molecule has 0 aromatic heterocycles. The van der Waals surface area contributed by atoms with E-state index in [9.17, 15) is 9.59 Å². The molecule has 0 atom stereocenters. The maximum Gasteiger partial charge on any atom is 0.234 e. The minimum atomic E-state index is -0.788. The molecular formula is C27H18O2. The smallest absolute Gasteiger partial charge is 0.234 e. The fourth-order valence-corrected chi connectivity index (χ4v) is 4.09. The molecule has 0 unspecified atom stereocenters. The first-order valence-corrected chi connectivity index (χ1v) is 9.38. The van der Waals surface area contributed by atoms with Gasteiger partial charge in [0.25, 0.3) is 0 Å². The number of rotatable bonds is 6. The van der Waals surface area contributed by atoms with Crippen molar-refractivity contribution >= 4 is 12.6 Å². The molecule has 2 nitrogen and oxygen atoms in total. The van der Waals surface area contributed by atoms with Gasteiger partial charge in [-0.25, -0.2) is 0 Å². The highest BCUT2D eigenvalue weighted by atomic mass is 16.1. The maximum absolute atomic E-state index is 12.0.